The van der Waals surface area contributed by atoms with Crippen LogP contribution in [0.3, 0.4) is 0 Å². The Bertz CT molecular complexity index is 1360. The number of aryl methyl sites for hydroxylation is 1. The number of aromatic hydroxyl groups is 1. The van der Waals surface area contributed by atoms with Crippen molar-refractivity contribution in [1.82, 2.24) is 25.1 Å². The standard InChI is InChI=1S/C24H25FN6O/c1-26-15-7-8-31(12-15)16-5-6-19-17(10-16)21(13-3-4-13)28-24(27-19)18-9-14-11-30(2)29-22(14)20(25)23(18)32/h5-6,9-11,13,15,26,32H,3-4,7-8,12H2,1-2H3/t15-/m1/s1. The molecular weight excluding hydrogens is 407 g/mol. The third-order valence-corrected chi connectivity index (χ3v) is 6.70. The van der Waals surface area contributed by atoms with Gasteiger partial charge in [0, 0.05) is 54.8 Å². The molecule has 1 atom stereocenters. The first-order chi connectivity index (χ1) is 15.5. The zero-order valence-corrected chi connectivity index (χ0v) is 18.1. The molecule has 1 aliphatic carbocycles. The van der Waals surface area contributed by atoms with Crippen molar-refractivity contribution in [2.24, 2.45) is 7.05 Å². The zero-order valence-electron chi connectivity index (χ0n) is 18.1. The van der Waals surface area contributed by atoms with Crippen LogP contribution in [0, 0.1) is 5.82 Å². The highest BCUT2D eigenvalue weighted by Crippen LogP contribution is 2.44. The van der Waals surface area contributed by atoms with Crippen molar-refractivity contribution in [2.45, 2.75) is 31.2 Å². The molecule has 1 aliphatic heterocycles. The number of phenols is 1. The fourth-order valence-corrected chi connectivity index (χ4v) is 4.76. The van der Waals surface area contributed by atoms with Gasteiger partial charge in [-0.05, 0) is 50.6 Å². The van der Waals surface area contributed by atoms with Crippen molar-refractivity contribution in [3.8, 4) is 17.1 Å². The fraction of sp³-hybridized carbons (Fsp3) is 0.375. The maximum atomic E-state index is 14.8. The van der Waals surface area contributed by atoms with Gasteiger partial charge in [-0.3, -0.25) is 4.68 Å². The molecule has 0 spiro atoms. The molecule has 6 rings (SSSR count). The highest BCUT2D eigenvalue weighted by molar-refractivity contribution is 5.90. The molecule has 1 saturated heterocycles. The molecule has 3 heterocycles. The summed E-state index contributed by atoms with van der Waals surface area (Å²) in [6.07, 6.45) is 5.03. The molecule has 2 aromatic heterocycles. The lowest BCUT2D eigenvalue weighted by molar-refractivity contribution is 0.437. The Morgan fingerprint density at radius 2 is 2.00 bits per heavy atom. The van der Waals surface area contributed by atoms with Crippen molar-refractivity contribution >= 4 is 27.5 Å². The van der Waals surface area contributed by atoms with E-state index in [0.717, 1.165) is 48.9 Å². The quantitative estimate of drug-likeness (QED) is 0.512. The van der Waals surface area contributed by atoms with E-state index < -0.39 is 11.6 Å². The predicted octanol–water partition coefficient (Wildman–Crippen LogP) is 3.70. The summed E-state index contributed by atoms with van der Waals surface area (Å²) in [5.74, 6) is -0.458. The molecule has 2 aliphatic rings. The number of rotatable bonds is 4. The van der Waals surface area contributed by atoms with Crippen LogP contribution in [0.25, 0.3) is 33.2 Å². The molecule has 2 fully saturated rings. The van der Waals surface area contributed by atoms with E-state index in [1.807, 2.05) is 13.1 Å². The molecule has 4 aromatic rings. The number of nitrogens with one attached hydrogen (secondary N) is 1. The minimum Gasteiger partial charge on any atom is -0.504 e. The Balaban J connectivity index is 1.49. The van der Waals surface area contributed by atoms with Crippen LogP contribution in [0.2, 0.25) is 0 Å². The second kappa shape index (κ2) is 7.13. The van der Waals surface area contributed by atoms with Crippen LogP contribution in [0.5, 0.6) is 5.75 Å². The molecule has 1 saturated carbocycles. The van der Waals surface area contributed by atoms with Gasteiger partial charge in [-0.15, -0.1) is 0 Å². The van der Waals surface area contributed by atoms with Crippen LogP contribution in [0.1, 0.15) is 30.9 Å². The lowest BCUT2D eigenvalue weighted by atomic mass is 10.1. The predicted molar refractivity (Wildman–Crippen MR) is 123 cm³/mol. The van der Waals surface area contributed by atoms with E-state index in [1.54, 1.807) is 19.3 Å². The first-order valence-corrected chi connectivity index (χ1v) is 11.1. The molecule has 164 valence electrons. The molecule has 7 nitrogen and oxygen atoms in total. The number of anilines is 1. The molecule has 0 bridgehead atoms. The minimum absolute atomic E-state index is 0.145. The monoisotopic (exact) mass is 432 g/mol. The van der Waals surface area contributed by atoms with E-state index >= 15 is 0 Å². The Kier molecular flexibility index (Phi) is 4.33. The van der Waals surface area contributed by atoms with Gasteiger partial charge in [0.25, 0.3) is 0 Å². The lowest BCUT2D eigenvalue weighted by Gasteiger charge is -2.20. The maximum absolute atomic E-state index is 14.8. The highest BCUT2D eigenvalue weighted by atomic mass is 19.1. The number of aromatic nitrogens is 4. The van der Waals surface area contributed by atoms with Crippen molar-refractivity contribution in [3.05, 3.63) is 42.0 Å². The third kappa shape index (κ3) is 3.09. The number of nitrogens with zero attached hydrogens (tertiary/aromatic N) is 5. The molecular formula is C24H25FN6O. The lowest BCUT2D eigenvalue weighted by Crippen LogP contribution is -2.29. The van der Waals surface area contributed by atoms with Crippen LogP contribution >= 0.6 is 0 Å². The SMILES string of the molecule is CN[C@@H]1CCN(c2ccc3nc(-c4cc5cn(C)nc5c(F)c4O)nc(C4CC4)c3c2)C1. The normalized spacial score (nSPS) is 18.8. The number of benzene rings is 2. The summed E-state index contributed by atoms with van der Waals surface area (Å²) in [6.45, 7) is 2.00. The van der Waals surface area contributed by atoms with E-state index in [1.165, 1.54) is 10.4 Å². The van der Waals surface area contributed by atoms with Crippen LogP contribution in [0.15, 0.2) is 30.5 Å². The average Bonchev–Trinajstić information content (AvgIpc) is 3.40. The van der Waals surface area contributed by atoms with E-state index in [0.29, 0.717) is 28.7 Å². The molecule has 0 amide bonds. The van der Waals surface area contributed by atoms with Crippen molar-refractivity contribution < 1.29 is 9.50 Å². The second-order valence-corrected chi connectivity index (χ2v) is 8.96. The number of halogens is 1. The Morgan fingerprint density at radius 1 is 1.16 bits per heavy atom. The smallest absolute Gasteiger partial charge is 0.193 e. The van der Waals surface area contributed by atoms with Crippen molar-refractivity contribution in [2.75, 3.05) is 25.0 Å². The van der Waals surface area contributed by atoms with E-state index in [4.69, 9.17) is 9.97 Å². The van der Waals surface area contributed by atoms with Gasteiger partial charge in [0.2, 0.25) is 0 Å². The van der Waals surface area contributed by atoms with E-state index in [-0.39, 0.29) is 5.52 Å². The van der Waals surface area contributed by atoms with Crippen LogP contribution < -0.4 is 10.2 Å². The largest absolute Gasteiger partial charge is 0.504 e. The summed E-state index contributed by atoms with van der Waals surface area (Å²) in [6, 6.07) is 8.53. The number of fused-ring (bicyclic) bond motifs is 2. The number of hydrogen-bond acceptors (Lipinski definition) is 6. The van der Waals surface area contributed by atoms with Gasteiger partial charge < -0.3 is 15.3 Å². The Hall–Kier alpha value is -3.26. The number of likely N-dealkylation sites (N-methyl/N-ethyl adjacent to an activating group) is 1. The molecule has 0 unspecified atom stereocenters. The summed E-state index contributed by atoms with van der Waals surface area (Å²) in [5, 5.41) is 19.7. The van der Waals surface area contributed by atoms with Gasteiger partial charge in [0.05, 0.1) is 16.8 Å². The first kappa shape index (κ1) is 19.4. The highest BCUT2D eigenvalue weighted by Gasteiger charge is 2.30. The average molecular weight is 433 g/mol. The van der Waals surface area contributed by atoms with Gasteiger partial charge in [0.15, 0.2) is 17.4 Å². The van der Waals surface area contributed by atoms with Crippen molar-refractivity contribution in [3.63, 3.8) is 0 Å². The van der Waals surface area contributed by atoms with Gasteiger partial charge >= 0.3 is 0 Å². The molecule has 8 heteroatoms. The van der Waals surface area contributed by atoms with Crippen LogP contribution in [-0.4, -0.2) is 51.0 Å². The van der Waals surface area contributed by atoms with Crippen molar-refractivity contribution in [1.29, 1.82) is 0 Å². The molecule has 2 aromatic carbocycles. The Morgan fingerprint density at radius 3 is 2.75 bits per heavy atom. The minimum atomic E-state index is -0.738. The third-order valence-electron chi connectivity index (χ3n) is 6.70. The number of phenolic OH excluding ortho intramolecular Hbond substituents is 1. The van der Waals surface area contributed by atoms with Gasteiger partial charge in [-0.25, -0.2) is 14.4 Å². The van der Waals surface area contributed by atoms with Gasteiger partial charge in [0.1, 0.15) is 5.52 Å². The fourth-order valence-electron chi connectivity index (χ4n) is 4.76. The molecule has 0 radical (unpaired) electrons. The summed E-state index contributed by atoms with van der Waals surface area (Å²) in [4.78, 5) is 12.0. The summed E-state index contributed by atoms with van der Waals surface area (Å²) >= 11 is 0. The molecule has 32 heavy (non-hydrogen) atoms. The van der Waals surface area contributed by atoms with Gasteiger partial charge in [-0.2, -0.15) is 5.10 Å². The van der Waals surface area contributed by atoms with Crippen LogP contribution in [0.4, 0.5) is 10.1 Å². The zero-order chi connectivity index (χ0) is 22.0. The summed E-state index contributed by atoms with van der Waals surface area (Å²) in [7, 11) is 3.74. The molecule has 2 N–H and O–H groups in total. The van der Waals surface area contributed by atoms with Crippen LogP contribution in [-0.2, 0) is 7.05 Å². The topological polar surface area (TPSA) is 79.1 Å². The first-order valence-electron chi connectivity index (χ1n) is 11.1. The summed E-state index contributed by atoms with van der Waals surface area (Å²) < 4.78 is 16.4. The second-order valence-electron chi connectivity index (χ2n) is 8.96. The van der Waals surface area contributed by atoms with E-state index in [9.17, 15) is 9.50 Å². The number of hydrogen-bond donors (Lipinski definition) is 2. The maximum Gasteiger partial charge on any atom is 0.193 e. The van der Waals surface area contributed by atoms with Gasteiger partial charge in [-0.1, -0.05) is 0 Å². The van der Waals surface area contributed by atoms with E-state index in [2.05, 4.69) is 27.4 Å². The summed E-state index contributed by atoms with van der Waals surface area (Å²) in [5.41, 5.74) is 3.43. The Labute approximate surface area is 184 Å².